The van der Waals surface area contributed by atoms with Crippen molar-refractivity contribution in [2.45, 2.75) is 25.4 Å². The molecule has 1 atom stereocenters. The zero-order valence-corrected chi connectivity index (χ0v) is 7.84. The molecule has 1 rings (SSSR count). The van der Waals surface area contributed by atoms with Crippen LogP contribution in [0.1, 0.15) is 19.3 Å². The summed E-state index contributed by atoms with van der Waals surface area (Å²) in [5.74, 6) is 0. The summed E-state index contributed by atoms with van der Waals surface area (Å²) >= 11 is 0. The molecular formula is C9H19NO2. The van der Waals surface area contributed by atoms with Gasteiger partial charge in [-0.05, 0) is 25.8 Å². The fourth-order valence-electron chi connectivity index (χ4n) is 1.42. The molecule has 0 aromatic rings. The van der Waals surface area contributed by atoms with E-state index in [0.29, 0.717) is 6.10 Å². The highest BCUT2D eigenvalue weighted by atomic mass is 16.5. The van der Waals surface area contributed by atoms with Crippen LogP contribution < -0.4 is 5.32 Å². The summed E-state index contributed by atoms with van der Waals surface area (Å²) < 4.78 is 10.6. The Kier molecular flexibility index (Phi) is 5.32. The Hall–Kier alpha value is -0.120. The van der Waals surface area contributed by atoms with Crippen LogP contribution in [0.4, 0.5) is 0 Å². The van der Waals surface area contributed by atoms with E-state index in [4.69, 9.17) is 9.47 Å². The van der Waals surface area contributed by atoms with Crippen LogP contribution >= 0.6 is 0 Å². The number of hydrogen-bond donors (Lipinski definition) is 1. The zero-order valence-electron chi connectivity index (χ0n) is 7.84. The number of rotatable bonds is 5. The van der Waals surface area contributed by atoms with Crippen molar-refractivity contribution < 1.29 is 9.47 Å². The van der Waals surface area contributed by atoms with Gasteiger partial charge < -0.3 is 14.8 Å². The molecule has 0 saturated carbocycles. The first-order chi connectivity index (χ1) is 5.93. The predicted octanol–water partition coefficient (Wildman–Crippen LogP) is 0.791. The van der Waals surface area contributed by atoms with E-state index in [-0.39, 0.29) is 0 Å². The van der Waals surface area contributed by atoms with Gasteiger partial charge in [0, 0.05) is 26.9 Å². The van der Waals surface area contributed by atoms with E-state index in [1.54, 1.807) is 7.11 Å². The maximum Gasteiger partial charge on any atom is 0.0699 e. The van der Waals surface area contributed by atoms with E-state index in [2.05, 4.69) is 5.32 Å². The molecule has 0 aromatic heterocycles. The summed E-state index contributed by atoms with van der Waals surface area (Å²) in [4.78, 5) is 0. The average molecular weight is 173 g/mol. The van der Waals surface area contributed by atoms with Gasteiger partial charge in [0.2, 0.25) is 0 Å². The smallest absolute Gasteiger partial charge is 0.0699 e. The second-order valence-corrected chi connectivity index (χ2v) is 3.19. The van der Waals surface area contributed by atoms with E-state index in [9.17, 15) is 0 Å². The summed E-state index contributed by atoms with van der Waals surface area (Å²) in [6, 6.07) is 0. The Morgan fingerprint density at radius 3 is 3.00 bits per heavy atom. The lowest BCUT2D eigenvalue weighted by Crippen LogP contribution is -2.35. The Morgan fingerprint density at radius 1 is 1.42 bits per heavy atom. The minimum Gasteiger partial charge on any atom is -0.385 e. The largest absolute Gasteiger partial charge is 0.385 e. The van der Waals surface area contributed by atoms with Crippen molar-refractivity contribution in [3.63, 3.8) is 0 Å². The second-order valence-electron chi connectivity index (χ2n) is 3.19. The van der Waals surface area contributed by atoms with Gasteiger partial charge in [-0.1, -0.05) is 0 Å². The van der Waals surface area contributed by atoms with E-state index >= 15 is 0 Å². The van der Waals surface area contributed by atoms with Crippen molar-refractivity contribution in [1.29, 1.82) is 0 Å². The van der Waals surface area contributed by atoms with Crippen LogP contribution in [0.5, 0.6) is 0 Å². The topological polar surface area (TPSA) is 30.5 Å². The van der Waals surface area contributed by atoms with Crippen LogP contribution in [0.2, 0.25) is 0 Å². The molecule has 72 valence electrons. The van der Waals surface area contributed by atoms with Gasteiger partial charge in [0.15, 0.2) is 0 Å². The Bertz CT molecular complexity index is 103. The third kappa shape index (κ3) is 4.04. The first kappa shape index (κ1) is 9.96. The molecule has 3 nitrogen and oxygen atoms in total. The first-order valence-corrected chi connectivity index (χ1v) is 4.74. The maximum absolute atomic E-state index is 5.64. The molecule has 1 aliphatic rings. The predicted molar refractivity (Wildman–Crippen MR) is 48.3 cm³/mol. The molecule has 3 heteroatoms. The van der Waals surface area contributed by atoms with Crippen LogP contribution in [0.3, 0.4) is 0 Å². The fraction of sp³-hybridized carbons (Fsp3) is 1.00. The number of methoxy groups -OCH3 is 1. The molecular weight excluding hydrogens is 154 g/mol. The van der Waals surface area contributed by atoms with Gasteiger partial charge in [0.05, 0.1) is 6.10 Å². The molecule has 0 spiro atoms. The number of hydrogen-bond acceptors (Lipinski definition) is 3. The van der Waals surface area contributed by atoms with Gasteiger partial charge in [-0.3, -0.25) is 0 Å². The highest BCUT2D eigenvalue weighted by Gasteiger charge is 2.12. The fourth-order valence-corrected chi connectivity index (χ4v) is 1.42. The normalized spacial score (nSPS) is 24.2. The van der Waals surface area contributed by atoms with E-state index in [1.165, 1.54) is 12.8 Å². The van der Waals surface area contributed by atoms with E-state index in [1.807, 2.05) is 0 Å². The number of ether oxygens (including phenoxy) is 2. The molecule has 1 N–H and O–H groups in total. The molecule has 1 fully saturated rings. The first-order valence-electron chi connectivity index (χ1n) is 4.74. The van der Waals surface area contributed by atoms with Gasteiger partial charge in [0.1, 0.15) is 0 Å². The minimum atomic E-state index is 0.440. The van der Waals surface area contributed by atoms with Gasteiger partial charge in [-0.15, -0.1) is 0 Å². The monoisotopic (exact) mass is 173 g/mol. The molecule has 0 bridgehead atoms. The standard InChI is InChI=1S/C9H19NO2/c1-11-6-3-7-12-9-4-2-5-10-8-9/h9-10H,2-8H2,1H3/t9-/m0/s1. The van der Waals surface area contributed by atoms with Crippen molar-refractivity contribution in [2.75, 3.05) is 33.4 Å². The zero-order chi connectivity index (χ0) is 8.65. The summed E-state index contributed by atoms with van der Waals surface area (Å²) in [5, 5.41) is 3.32. The van der Waals surface area contributed by atoms with Crippen LogP contribution in [-0.2, 0) is 9.47 Å². The molecule has 1 heterocycles. The van der Waals surface area contributed by atoms with Crippen LogP contribution in [0.15, 0.2) is 0 Å². The molecule has 1 aliphatic heterocycles. The van der Waals surface area contributed by atoms with Crippen molar-refractivity contribution in [1.82, 2.24) is 5.32 Å². The van der Waals surface area contributed by atoms with Gasteiger partial charge in [-0.2, -0.15) is 0 Å². The molecule has 0 aromatic carbocycles. The summed E-state index contributed by atoms with van der Waals surface area (Å²) in [7, 11) is 1.72. The summed E-state index contributed by atoms with van der Waals surface area (Å²) in [6.07, 6.45) is 3.90. The van der Waals surface area contributed by atoms with E-state index < -0.39 is 0 Å². The number of nitrogens with one attached hydrogen (secondary N) is 1. The quantitative estimate of drug-likeness (QED) is 0.624. The lowest BCUT2D eigenvalue weighted by molar-refractivity contribution is 0.0259. The van der Waals surface area contributed by atoms with Crippen molar-refractivity contribution in [3.8, 4) is 0 Å². The Labute approximate surface area is 74.4 Å². The third-order valence-electron chi connectivity index (χ3n) is 2.10. The molecule has 1 saturated heterocycles. The van der Waals surface area contributed by atoms with Crippen molar-refractivity contribution in [3.05, 3.63) is 0 Å². The SMILES string of the molecule is COCCCO[C@H]1CCCNC1. The van der Waals surface area contributed by atoms with Crippen LogP contribution in [-0.4, -0.2) is 39.5 Å². The summed E-state index contributed by atoms with van der Waals surface area (Å²) in [5.41, 5.74) is 0. The average Bonchev–Trinajstić information content (AvgIpc) is 2.14. The highest BCUT2D eigenvalue weighted by Crippen LogP contribution is 2.05. The Morgan fingerprint density at radius 2 is 2.33 bits per heavy atom. The second kappa shape index (κ2) is 6.40. The van der Waals surface area contributed by atoms with Crippen LogP contribution in [0, 0.1) is 0 Å². The molecule has 12 heavy (non-hydrogen) atoms. The van der Waals surface area contributed by atoms with Gasteiger partial charge >= 0.3 is 0 Å². The van der Waals surface area contributed by atoms with Gasteiger partial charge in [0.25, 0.3) is 0 Å². The summed E-state index contributed by atoms with van der Waals surface area (Å²) in [6.45, 7) is 3.81. The van der Waals surface area contributed by atoms with Crippen molar-refractivity contribution in [2.24, 2.45) is 0 Å². The Balaban J connectivity index is 1.91. The van der Waals surface area contributed by atoms with Gasteiger partial charge in [-0.25, -0.2) is 0 Å². The van der Waals surface area contributed by atoms with Crippen LogP contribution in [0.25, 0.3) is 0 Å². The minimum absolute atomic E-state index is 0.440. The molecule has 0 amide bonds. The lowest BCUT2D eigenvalue weighted by atomic mass is 10.1. The maximum atomic E-state index is 5.64. The van der Waals surface area contributed by atoms with Crippen molar-refractivity contribution >= 4 is 0 Å². The molecule has 0 aliphatic carbocycles. The third-order valence-corrected chi connectivity index (χ3v) is 2.10. The highest BCUT2D eigenvalue weighted by molar-refractivity contribution is 4.68. The number of piperidine rings is 1. The van der Waals surface area contributed by atoms with E-state index in [0.717, 1.165) is 32.7 Å². The molecule has 0 unspecified atom stereocenters. The molecule has 0 radical (unpaired) electrons. The lowest BCUT2D eigenvalue weighted by Gasteiger charge is -2.22.